The van der Waals surface area contributed by atoms with Gasteiger partial charge in [-0.2, -0.15) is 0 Å². The zero-order chi connectivity index (χ0) is 27.9. The van der Waals surface area contributed by atoms with Crippen LogP contribution in [0.3, 0.4) is 0 Å². The van der Waals surface area contributed by atoms with E-state index < -0.39 is 6.04 Å². The Labute approximate surface area is 243 Å². The molecule has 1 atom stereocenters. The number of amides is 2. The molecule has 0 fully saturated rings. The largest absolute Gasteiger partial charge is 0.483 e. The van der Waals surface area contributed by atoms with Crippen molar-refractivity contribution in [3.8, 4) is 5.75 Å². The van der Waals surface area contributed by atoms with Crippen LogP contribution in [0.25, 0.3) is 0 Å². The second-order valence-corrected chi connectivity index (χ2v) is 11.7. The zero-order valence-corrected chi connectivity index (χ0v) is 25.2. The number of benzene rings is 3. The van der Waals surface area contributed by atoms with Crippen LogP contribution in [0.15, 0.2) is 71.2 Å². The first-order valence-corrected chi connectivity index (χ1v) is 14.0. The molecule has 8 heteroatoms. The van der Waals surface area contributed by atoms with Gasteiger partial charge in [0.2, 0.25) is 5.91 Å². The van der Waals surface area contributed by atoms with Crippen molar-refractivity contribution in [2.75, 3.05) is 13.2 Å². The second-order valence-electron chi connectivity index (χ2n) is 10.0. The molecule has 1 N–H and O–H groups in total. The molecule has 0 heterocycles. The van der Waals surface area contributed by atoms with Gasteiger partial charge in [-0.1, -0.05) is 86.4 Å². The maximum absolute atomic E-state index is 13.7. The number of carbonyl (C=O) groups excluding carboxylic acids is 2. The Hall–Kier alpha value is -2.54. The fraction of sp³-hybridized carbons (Fsp3) is 0.333. The summed E-state index contributed by atoms with van der Waals surface area (Å²) < 4.78 is 6.71. The Morgan fingerprint density at radius 3 is 2.34 bits per heavy atom. The van der Waals surface area contributed by atoms with Crippen LogP contribution < -0.4 is 10.1 Å². The fourth-order valence-electron chi connectivity index (χ4n) is 3.99. The highest BCUT2D eigenvalue weighted by molar-refractivity contribution is 9.10. The summed E-state index contributed by atoms with van der Waals surface area (Å²) in [6.45, 7) is 8.56. The summed E-state index contributed by atoms with van der Waals surface area (Å²) in [6, 6.07) is 19.8. The number of halogens is 3. The summed E-state index contributed by atoms with van der Waals surface area (Å²) in [4.78, 5) is 28.5. The standard InChI is InChI=1S/C30H33BrCl2N2O3/c1-5-34-29(37)26(15-20-9-7-6-8-10-20)35(18-21-11-13-23(32)17-25(21)33)28(36)19-38-27-14-12-22(16-24(27)31)30(2,3)4/h6-14,16-17,26H,5,15,18-19H2,1-4H3,(H,34,37)/t26-/m0/s1. The zero-order valence-electron chi connectivity index (χ0n) is 22.1. The Morgan fingerprint density at radius 2 is 1.74 bits per heavy atom. The van der Waals surface area contributed by atoms with Crippen molar-refractivity contribution in [1.29, 1.82) is 0 Å². The molecule has 0 unspecified atom stereocenters. The lowest BCUT2D eigenvalue weighted by atomic mass is 9.87. The van der Waals surface area contributed by atoms with E-state index in [4.69, 9.17) is 27.9 Å². The Bertz CT molecular complexity index is 1260. The Balaban J connectivity index is 1.92. The van der Waals surface area contributed by atoms with Crippen LogP contribution in [0, 0.1) is 0 Å². The van der Waals surface area contributed by atoms with Crippen LogP contribution in [0.2, 0.25) is 10.0 Å². The second kappa shape index (κ2) is 13.5. The third-order valence-corrected chi connectivity index (χ3v) is 7.33. The number of carbonyl (C=O) groups is 2. The molecule has 0 aliphatic rings. The van der Waals surface area contributed by atoms with Crippen LogP contribution in [-0.2, 0) is 28.0 Å². The van der Waals surface area contributed by atoms with E-state index in [0.717, 1.165) is 15.6 Å². The van der Waals surface area contributed by atoms with Crippen molar-refractivity contribution in [3.63, 3.8) is 0 Å². The summed E-state index contributed by atoms with van der Waals surface area (Å²) >= 11 is 16.1. The van der Waals surface area contributed by atoms with Gasteiger partial charge >= 0.3 is 0 Å². The third-order valence-electron chi connectivity index (χ3n) is 6.13. The van der Waals surface area contributed by atoms with E-state index in [1.54, 1.807) is 18.2 Å². The normalized spacial score (nSPS) is 12.1. The fourth-order valence-corrected chi connectivity index (χ4v) is 4.95. The van der Waals surface area contributed by atoms with Gasteiger partial charge in [0, 0.05) is 29.6 Å². The Kier molecular flexibility index (Phi) is 10.7. The van der Waals surface area contributed by atoms with Crippen molar-refractivity contribution in [2.45, 2.75) is 52.1 Å². The van der Waals surface area contributed by atoms with Gasteiger partial charge in [0.15, 0.2) is 6.61 Å². The summed E-state index contributed by atoms with van der Waals surface area (Å²) in [5.74, 6) is -0.0334. The molecule has 38 heavy (non-hydrogen) atoms. The molecule has 0 aliphatic carbocycles. The lowest BCUT2D eigenvalue weighted by Gasteiger charge is -2.31. The molecule has 3 rings (SSSR count). The number of rotatable bonds is 10. The quantitative estimate of drug-likeness (QED) is 0.261. The van der Waals surface area contributed by atoms with E-state index in [-0.39, 0.29) is 30.4 Å². The number of nitrogens with zero attached hydrogens (tertiary/aromatic N) is 1. The minimum atomic E-state index is -0.771. The average molecular weight is 620 g/mol. The smallest absolute Gasteiger partial charge is 0.261 e. The molecule has 3 aromatic rings. The number of likely N-dealkylation sites (N-methyl/N-ethyl adjacent to an activating group) is 1. The summed E-state index contributed by atoms with van der Waals surface area (Å²) in [5, 5.41) is 3.79. The average Bonchev–Trinajstić information content (AvgIpc) is 2.86. The van der Waals surface area contributed by atoms with Crippen LogP contribution in [0.1, 0.15) is 44.4 Å². The Morgan fingerprint density at radius 1 is 1.03 bits per heavy atom. The van der Waals surface area contributed by atoms with Gasteiger partial charge in [0.05, 0.1) is 4.47 Å². The van der Waals surface area contributed by atoms with E-state index >= 15 is 0 Å². The van der Waals surface area contributed by atoms with Gasteiger partial charge < -0.3 is 15.0 Å². The highest BCUT2D eigenvalue weighted by Crippen LogP contribution is 2.32. The molecule has 5 nitrogen and oxygen atoms in total. The highest BCUT2D eigenvalue weighted by atomic mass is 79.9. The van der Waals surface area contributed by atoms with Gasteiger partial charge in [-0.05, 0) is 69.2 Å². The predicted octanol–water partition coefficient (Wildman–Crippen LogP) is 7.21. The lowest BCUT2D eigenvalue weighted by molar-refractivity contribution is -0.142. The van der Waals surface area contributed by atoms with E-state index in [1.165, 1.54) is 4.90 Å². The van der Waals surface area contributed by atoms with Gasteiger partial charge in [-0.3, -0.25) is 9.59 Å². The SMILES string of the molecule is CCNC(=O)[C@H](Cc1ccccc1)N(Cc1ccc(Cl)cc1Cl)C(=O)COc1ccc(C(C)(C)C)cc1Br. The summed E-state index contributed by atoms with van der Waals surface area (Å²) in [5.41, 5.74) is 2.73. The summed E-state index contributed by atoms with van der Waals surface area (Å²) in [7, 11) is 0. The molecular formula is C30H33BrCl2N2O3. The van der Waals surface area contributed by atoms with Gasteiger partial charge in [0.25, 0.3) is 5.91 Å². The molecule has 0 aliphatic heterocycles. The third kappa shape index (κ3) is 8.23. The van der Waals surface area contributed by atoms with Crippen LogP contribution in [-0.4, -0.2) is 35.9 Å². The highest BCUT2D eigenvalue weighted by Gasteiger charge is 2.31. The minimum absolute atomic E-state index is 0.0250. The van der Waals surface area contributed by atoms with Crippen molar-refractivity contribution in [3.05, 3.63) is 97.9 Å². The van der Waals surface area contributed by atoms with E-state index in [1.807, 2.05) is 55.5 Å². The molecule has 3 aromatic carbocycles. The first kappa shape index (κ1) is 30.0. The maximum atomic E-state index is 13.7. The van der Waals surface area contributed by atoms with Crippen molar-refractivity contribution in [2.24, 2.45) is 0 Å². The van der Waals surface area contributed by atoms with E-state index in [2.05, 4.69) is 42.0 Å². The van der Waals surface area contributed by atoms with Gasteiger partial charge in [-0.25, -0.2) is 0 Å². The molecule has 0 saturated heterocycles. The van der Waals surface area contributed by atoms with Crippen LogP contribution in [0.4, 0.5) is 0 Å². The van der Waals surface area contributed by atoms with Crippen molar-refractivity contribution >= 4 is 50.9 Å². The topological polar surface area (TPSA) is 58.6 Å². The minimum Gasteiger partial charge on any atom is -0.483 e. The first-order chi connectivity index (χ1) is 18.0. The number of hydrogen-bond acceptors (Lipinski definition) is 3. The van der Waals surface area contributed by atoms with Crippen molar-refractivity contribution in [1.82, 2.24) is 10.2 Å². The van der Waals surface area contributed by atoms with Gasteiger partial charge in [0.1, 0.15) is 11.8 Å². The van der Waals surface area contributed by atoms with Crippen molar-refractivity contribution < 1.29 is 14.3 Å². The van der Waals surface area contributed by atoms with Gasteiger partial charge in [-0.15, -0.1) is 0 Å². The van der Waals surface area contributed by atoms with E-state index in [0.29, 0.717) is 34.3 Å². The molecule has 2 amide bonds. The lowest BCUT2D eigenvalue weighted by Crippen LogP contribution is -2.51. The molecule has 0 saturated carbocycles. The predicted molar refractivity (Wildman–Crippen MR) is 158 cm³/mol. The van der Waals surface area contributed by atoms with Crippen LogP contribution >= 0.6 is 39.1 Å². The molecule has 202 valence electrons. The number of hydrogen-bond donors (Lipinski definition) is 1. The molecule has 0 bridgehead atoms. The summed E-state index contributed by atoms with van der Waals surface area (Å²) in [6.07, 6.45) is 0.341. The number of nitrogens with one attached hydrogen (secondary N) is 1. The number of ether oxygens (including phenoxy) is 1. The maximum Gasteiger partial charge on any atom is 0.261 e. The van der Waals surface area contributed by atoms with E-state index in [9.17, 15) is 9.59 Å². The molecule has 0 radical (unpaired) electrons. The molecular weight excluding hydrogens is 587 g/mol. The van der Waals surface area contributed by atoms with Crippen LogP contribution in [0.5, 0.6) is 5.75 Å². The molecule has 0 spiro atoms. The molecule has 0 aromatic heterocycles. The monoisotopic (exact) mass is 618 g/mol. The first-order valence-electron chi connectivity index (χ1n) is 12.5.